The van der Waals surface area contributed by atoms with Gasteiger partial charge in [0, 0.05) is 6.04 Å². The van der Waals surface area contributed by atoms with Gasteiger partial charge in [-0.1, -0.05) is 19.3 Å². The second-order valence-electron chi connectivity index (χ2n) is 7.92. The highest BCUT2D eigenvalue weighted by molar-refractivity contribution is 5.88. The monoisotopic (exact) mass is 397 g/mol. The van der Waals surface area contributed by atoms with Crippen LogP contribution in [0.1, 0.15) is 65.2 Å². The largest absolute Gasteiger partial charge is 0.480 e. The third-order valence-electron chi connectivity index (χ3n) is 5.97. The second kappa shape index (κ2) is 10.8. The van der Waals surface area contributed by atoms with Gasteiger partial charge in [-0.05, 0) is 58.4 Å². The number of unbranched alkanes of at least 4 members (excludes halogenated alkanes) is 1. The van der Waals surface area contributed by atoms with Gasteiger partial charge in [0.15, 0.2) is 0 Å². The van der Waals surface area contributed by atoms with Crippen molar-refractivity contribution in [2.75, 3.05) is 13.2 Å². The predicted molar refractivity (Wildman–Crippen MR) is 105 cm³/mol. The van der Waals surface area contributed by atoms with Crippen LogP contribution in [0.5, 0.6) is 0 Å². The summed E-state index contributed by atoms with van der Waals surface area (Å²) in [6.45, 7) is 4.26. The highest BCUT2D eigenvalue weighted by Crippen LogP contribution is 2.40. The number of esters is 1. The second-order valence-corrected chi connectivity index (χ2v) is 7.92. The summed E-state index contributed by atoms with van der Waals surface area (Å²) in [4.78, 5) is 38.8. The molecule has 8 heteroatoms. The summed E-state index contributed by atoms with van der Waals surface area (Å²) >= 11 is 0. The smallest absolute Gasteiger partial charge is 0.326 e. The Hall–Kier alpha value is -1.67. The van der Waals surface area contributed by atoms with E-state index in [0.717, 1.165) is 38.5 Å². The van der Waals surface area contributed by atoms with Crippen LogP contribution in [0.15, 0.2) is 0 Å². The third kappa shape index (κ3) is 5.44. The van der Waals surface area contributed by atoms with E-state index >= 15 is 0 Å². The molecule has 0 aromatic heterocycles. The molecule has 1 aliphatic carbocycles. The Morgan fingerprint density at radius 3 is 2.61 bits per heavy atom. The average molecular weight is 398 g/mol. The van der Waals surface area contributed by atoms with Crippen molar-refractivity contribution in [1.82, 2.24) is 10.2 Å². The Bertz CT molecular complexity index is 556. The van der Waals surface area contributed by atoms with Gasteiger partial charge in [-0.3, -0.25) is 14.9 Å². The van der Waals surface area contributed by atoms with Crippen molar-refractivity contribution in [1.29, 1.82) is 0 Å². The predicted octanol–water partition coefficient (Wildman–Crippen LogP) is 1.27. The number of carbonyl (C=O) groups excluding carboxylic acids is 2. The van der Waals surface area contributed by atoms with Crippen molar-refractivity contribution >= 4 is 17.8 Å². The van der Waals surface area contributed by atoms with Gasteiger partial charge in [-0.15, -0.1) is 0 Å². The first-order chi connectivity index (χ1) is 13.4. The molecule has 1 amide bonds. The molecule has 1 aliphatic heterocycles. The maximum Gasteiger partial charge on any atom is 0.326 e. The minimum absolute atomic E-state index is 0.00937. The molecular weight excluding hydrogens is 362 g/mol. The van der Waals surface area contributed by atoms with Gasteiger partial charge in [-0.2, -0.15) is 0 Å². The minimum Gasteiger partial charge on any atom is -0.480 e. The molecule has 1 saturated carbocycles. The van der Waals surface area contributed by atoms with Crippen molar-refractivity contribution in [3.05, 3.63) is 0 Å². The number of fused-ring (bicyclic) bond motifs is 1. The van der Waals surface area contributed by atoms with E-state index in [-0.39, 0.29) is 30.4 Å². The maximum atomic E-state index is 13.2. The molecular formula is C20H35N3O5. The lowest BCUT2D eigenvalue weighted by molar-refractivity contribution is -0.152. The van der Waals surface area contributed by atoms with Gasteiger partial charge in [0.25, 0.3) is 0 Å². The molecule has 0 bridgehead atoms. The summed E-state index contributed by atoms with van der Waals surface area (Å²) in [5.41, 5.74) is 5.53. The molecule has 2 fully saturated rings. The molecule has 2 aliphatic rings. The number of aliphatic carboxylic acids is 1. The topological polar surface area (TPSA) is 122 Å². The maximum absolute atomic E-state index is 13.2. The number of amides is 1. The number of carboxylic acid groups (broad SMARTS) is 1. The Balaban J connectivity index is 2.08. The summed E-state index contributed by atoms with van der Waals surface area (Å²) in [6, 6.07) is -2.04. The molecule has 1 saturated heterocycles. The number of rotatable bonds is 10. The van der Waals surface area contributed by atoms with Crippen LogP contribution < -0.4 is 11.1 Å². The van der Waals surface area contributed by atoms with Crippen LogP contribution in [-0.4, -0.2) is 65.2 Å². The molecule has 8 nitrogen and oxygen atoms in total. The summed E-state index contributed by atoms with van der Waals surface area (Å²) in [6.07, 6.45) is 6.53. The zero-order chi connectivity index (χ0) is 20.7. The molecule has 0 unspecified atom stereocenters. The molecule has 0 spiro atoms. The fraction of sp³-hybridized carbons (Fsp3) is 0.850. The zero-order valence-electron chi connectivity index (χ0n) is 17.1. The van der Waals surface area contributed by atoms with Crippen LogP contribution in [-0.2, 0) is 19.1 Å². The number of nitrogens with zero attached hydrogens (tertiary/aromatic N) is 1. The van der Waals surface area contributed by atoms with Crippen molar-refractivity contribution < 1.29 is 24.2 Å². The van der Waals surface area contributed by atoms with Gasteiger partial charge in [0.2, 0.25) is 5.91 Å². The number of ether oxygens (including phenoxy) is 1. The van der Waals surface area contributed by atoms with E-state index in [0.29, 0.717) is 19.4 Å². The van der Waals surface area contributed by atoms with E-state index < -0.39 is 24.1 Å². The Morgan fingerprint density at radius 2 is 1.96 bits per heavy atom. The molecule has 0 aromatic carbocycles. The van der Waals surface area contributed by atoms with Crippen molar-refractivity contribution in [2.24, 2.45) is 11.7 Å². The first-order valence-corrected chi connectivity index (χ1v) is 10.6. The van der Waals surface area contributed by atoms with E-state index in [4.69, 9.17) is 10.5 Å². The standard InChI is InChI=1S/C20H35N3O5/c1-3-28-20(27)15(9-6-7-11-21)22-13(2)18(24)23-16-10-5-4-8-14(16)12-17(23)19(25)26/h13-17,22H,3-12,21H2,1-2H3,(H,25,26)/t13-,14+,15-,16-,17-/m0/s1. The lowest BCUT2D eigenvalue weighted by atomic mass is 9.84. The van der Waals surface area contributed by atoms with Crippen LogP contribution >= 0.6 is 0 Å². The molecule has 0 radical (unpaired) electrons. The van der Waals surface area contributed by atoms with Crippen molar-refractivity contribution in [3.63, 3.8) is 0 Å². The lowest BCUT2D eigenvalue weighted by Crippen LogP contribution is -2.55. The number of likely N-dealkylation sites (tertiary alicyclic amines) is 1. The van der Waals surface area contributed by atoms with E-state index in [1.807, 2.05) is 0 Å². The Morgan fingerprint density at radius 1 is 1.25 bits per heavy atom. The summed E-state index contributed by atoms with van der Waals surface area (Å²) < 4.78 is 5.13. The van der Waals surface area contributed by atoms with Crippen LogP contribution in [0.25, 0.3) is 0 Å². The quantitative estimate of drug-likeness (QED) is 0.375. The van der Waals surface area contributed by atoms with Crippen molar-refractivity contribution in [2.45, 2.75) is 89.4 Å². The highest BCUT2D eigenvalue weighted by Gasteiger charge is 2.48. The number of carboxylic acids is 1. The number of hydrogen-bond acceptors (Lipinski definition) is 6. The minimum atomic E-state index is -0.945. The summed E-state index contributed by atoms with van der Waals surface area (Å²) in [5, 5.41) is 12.7. The first-order valence-electron chi connectivity index (χ1n) is 10.6. The summed E-state index contributed by atoms with van der Waals surface area (Å²) in [7, 11) is 0. The molecule has 28 heavy (non-hydrogen) atoms. The normalized spacial score (nSPS) is 26.4. The number of hydrogen-bond donors (Lipinski definition) is 3. The molecule has 1 heterocycles. The zero-order valence-corrected chi connectivity index (χ0v) is 17.1. The first kappa shape index (κ1) is 22.6. The van der Waals surface area contributed by atoms with Gasteiger partial charge in [0.1, 0.15) is 12.1 Å². The number of nitrogens with one attached hydrogen (secondary N) is 1. The van der Waals surface area contributed by atoms with E-state index in [2.05, 4.69) is 5.32 Å². The number of nitrogens with two attached hydrogens (primary N) is 1. The van der Waals surface area contributed by atoms with Crippen LogP contribution in [0.2, 0.25) is 0 Å². The molecule has 4 N–H and O–H groups in total. The molecule has 5 atom stereocenters. The van der Waals surface area contributed by atoms with Crippen LogP contribution in [0, 0.1) is 5.92 Å². The van der Waals surface area contributed by atoms with E-state index in [1.165, 1.54) is 0 Å². The third-order valence-corrected chi connectivity index (χ3v) is 5.97. The number of carbonyl (C=O) groups is 3. The fourth-order valence-corrected chi connectivity index (χ4v) is 4.60. The Labute approximate surface area is 167 Å². The SMILES string of the molecule is CCOC(=O)[C@H](CCCCN)N[C@@H](C)C(=O)N1[C@H](C(=O)O)C[C@H]2CCCC[C@@H]21. The molecule has 160 valence electrons. The Kier molecular flexibility index (Phi) is 8.69. The fourth-order valence-electron chi connectivity index (χ4n) is 4.60. The molecule has 0 aromatic rings. The molecule has 2 rings (SSSR count). The summed E-state index contributed by atoms with van der Waals surface area (Å²) in [5.74, 6) is -1.31. The van der Waals surface area contributed by atoms with Crippen LogP contribution in [0.4, 0.5) is 0 Å². The lowest BCUT2D eigenvalue weighted by Gasteiger charge is -2.35. The van der Waals surface area contributed by atoms with E-state index in [9.17, 15) is 19.5 Å². The van der Waals surface area contributed by atoms with Gasteiger partial charge in [0.05, 0.1) is 12.6 Å². The van der Waals surface area contributed by atoms with Gasteiger partial charge < -0.3 is 20.5 Å². The van der Waals surface area contributed by atoms with Crippen molar-refractivity contribution in [3.8, 4) is 0 Å². The van der Waals surface area contributed by atoms with Gasteiger partial charge >= 0.3 is 11.9 Å². The van der Waals surface area contributed by atoms with E-state index in [1.54, 1.807) is 18.7 Å². The van der Waals surface area contributed by atoms with Gasteiger partial charge in [-0.25, -0.2) is 4.79 Å². The van der Waals surface area contributed by atoms with Crippen LogP contribution in [0.3, 0.4) is 0 Å². The highest BCUT2D eigenvalue weighted by atomic mass is 16.5. The average Bonchev–Trinajstić information content (AvgIpc) is 3.06.